The number of amides is 3. The molecule has 8 aromatic carbocycles. The first-order valence-corrected chi connectivity index (χ1v) is 43.6. The third kappa shape index (κ3) is 21.7. The minimum absolute atomic E-state index is 0.0217. The van der Waals surface area contributed by atoms with Gasteiger partial charge in [-0.25, -0.2) is 49.2 Å². The monoisotopic (exact) mass is 1780 g/mol. The van der Waals surface area contributed by atoms with Gasteiger partial charge in [0.2, 0.25) is 0 Å². The van der Waals surface area contributed by atoms with E-state index in [1.807, 2.05) is 110 Å². The molecule has 0 spiro atoms. The van der Waals surface area contributed by atoms with Crippen LogP contribution in [0.5, 0.6) is 0 Å². The molecule has 660 valence electrons. The number of hydrogen-bond acceptors (Lipinski definition) is 9. The Bertz CT molecular complexity index is 5750. The number of halogens is 11. The number of nitrogens with zero attached hydrogens (tertiary/aromatic N) is 12. The lowest BCUT2D eigenvalue weighted by atomic mass is 9.96. The summed E-state index contributed by atoms with van der Waals surface area (Å²) in [5.74, 6) is -7.90. The Labute approximate surface area is 736 Å². The number of aromatic nitrogens is 6. The van der Waals surface area contributed by atoms with Gasteiger partial charge in [0.05, 0.1) is 34.1 Å². The fraction of sp³-hybridized carbons (Fsp3) is 0.375. The molecule has 11 aromatic rings. The Hall–Kier alpha value is -10.6. The van der Waals surface area contributed by atoms with Crippen LogP contribution in [-0.2, 0) is 60.0 Å². The lowest BCUT2D eigenvalue weighted by Crippen LogP contribution is -2.47. The molecule has 3 saturated heterocycles. The van der Waals surface area contributed by atoms with Crippen LogP contribution in [0.2, 0.25) is 15.1 Å². The topological polar surface area (TPSA) is 151 Å². The van der Waals surface area contributed by atoms with Gasteiger partial charge in [-0.1, -0.05) is 115 Å². The number of piperidine rings is 3. The van der Waals surface area contributed by atoms with Crippen molar-refractivity contribution in [1.29, 1.82) is 0 Å². The van der Waals surface area contributed by atoms with Gasteiger partial charge in [0.1, 0.15) is 63.2 Å². The summed E-state index contributed by atoms with van der Waals surface area (Å²) in [4.78, 5) is 91.4. The molecule has 3 amide bonds. The third-order valence-corrected chi connectivity index (χ3v) is 26.1. The summed E-state index contributed by atoms with van der Waals surface area (Å²) in [6, 6.07) is 45.5. The molecule has 0 atom stereocenters. The molecule has 6 heterocycles. The first-order chi connectivity index (χ1) is 60.0. The Balaban J connectivity index is 0.000000161. The molecule has 0 radical (unpaired) electrons. The Morgan fingerprint density at radius 1 is 0.352 bits per heavy atom. The van der Waals surface area contributed by atoms with Crippen LogP contribution < -0.4 is 16.7 Å². The molecule has 3 aliphatic heterocycles. The van der Waals surface area contributed by atoms with Crippen molar-refractivity contribution in [3.05, 3.63) is 336 Å². The fourth-order valence-electron chi connectivity index (χ4n) is 17.8. The zero-order valence-corrected chi connectivity index (χ0v) is 73.2. The van der Waals surface area contributed by atoms with Crippen molar-refractivity contribution in [2.75, 3.05) is 58.9 Å². The molecule has 125 heavy (non-hydrogen) atoms. The smallest absolute Gasteiger partial charge is 0.276 e. The van der Waals surface area contributed by atoms with Crippen molar-refractivity contribution in [3.63, 3.8) is 0 Å². The molecule has 18 nitrogen and oxygen atoms in total. The molecule has 3 aromatic heterocycles. The first-order valence-electron chi connectivity index (χ1n) is 42.5. The van der Waals surface area contributed by atoms with Crippen molar-refractivity contribution in [1.82, 2.24) is 57.5 Å². The number of hydrogen-bond donors (Lipinski definition) is 0. The number of carbonyl (C=O) groups is 3. The van der Waals surface area contributed by atoms with Crippen LogP contribution in [0.4, 0.5) is 35.1 Å². The maximum atomic E-state index is 14.3. The van der Waals surface area contributed by atoms with E-state index in [0.29, 0.717) is 155 Å². The van der Waals surface area contributed by atoms with E-state index in [-0.39, 0.29) is 46.7 Å². The molecule has 15 rings (SSSR count). The summed E-state index contributed by atoms with van der Waals surface area (Å²) < 4.78 is 124. The lowest BCUT2D eigenvalue weighted by molar-refractivity contribution is 0.0592. The number of benzene rings is 8. The molecular formula is C96H103Cl3F8N12O6. The van der Waals surface area contributed by atoms with Crippen molar-refractivity contribution in [2.24, 2.45) is 21.1 Å². The number of likely N-dealkylation sites (tertiary alicyclic amines) is 3. The average molecular weight is 1780 g/mol. The average Bonchev–Trinajstić information content (AvgIpc) is 1.63. The normalized spacial score (nSPS) is 15.1. The predicted octanol–water partition coefficient (Wildman–Crippen LogP) is 18.1. The second-order valence-corrected chi connectivity index (χ2v) is 34.1. The highest BCUT2D eigenvalue weighted by molar-refractivity contribution is 6.31. The molecule has 1 saturated carbocycles. The van der Waals surface area contributed by atoms with E-state index in [9.17, 15) is 63.9 Å². The molecule has 4 aliphatic rings. The van der Waals surface area contributed by atoms with E-state index in [1.54, 1.807) is 52.6 Å². The number of rotatable bonds is 24. The number of carbonyl (C=O) groups excluding carboxylic acids is 3. The zero-order valence-electron chi connectivity index (χ0n) is 70.9. The van der Waals surface area contributed by atoms with Crippen LogP contribution in [-0.4, -0.2) is 152 Å². The summed E-state index contributed by atoms with van der Waals surface area (Å²) in [6.45, 7) is 11.2. The van der Waals surface area contributed by atoms with Gasteiger partial charge < -0.3 is 14.7 Å². The second kappa shape index (κ2) is 41.7. The van der Waals surface area contributed by atoms with Gasteiger partial charge >= 0.3 is 0 Å². The SMILES string of the molecule is Cc1c(CN(CCc2ccc(Cl)cc2)C2CCN(C(=O)c3c(F)cccc3F)CC2)c(=O)n(-c2ccc(F)cc2)n1C.Cc1c(CN(CCc2ccc(Cl)cc2)C2CCN(C(=O)c3c(F)cccc3F)CC2)c(=O)n(-c2cccc(F)c2)n1C.Cc1c(CN(CCc2ccc(Cl)cc2)C2CCN(C(=O)c3c(F)cccc3F)CC2)c(=O)n(C2CCCCC2)n1C. The molecule has 1 aliphatic carbocycles. The molecular weight excluding hydrogens is 1680 g/mol. The second-order valence-electron chi connectivity index (χ2n) is 32.8. The highest BCUT2D eigenvalue weighted by atomic mass is 35.5. The summed E-state index contributed by atoms with van der Waals surface area (Å²) in [7, 11) is 5.56. The van der Waals surface area contributed by atoms with E-state index in [0.717, 1.165) is 121 Å². The highest BCUT2D eigenvalue weighted by Crippen LogP contribution is 2.32. The van der Waals surface area contributed by atoms with Crippen LogP contribution in [0.15, 0.2) is 190 Å². The fourth-order valence-corrected chi connectivity index (χ4v) is 18.2. The minimum Gasteiger partial charge on any atom is -0.338 e. The Kier molecular flexibility index (Phi) is 30.7. The quantitative estimate of drug-likeness (QED) is 0.0538. The summed E-state index contributed by atoms with van der Waals surface area (Å²) in [5, 5.41) is 1.99. The highest BCUT2D eigenvalue weighted by Gasteiger charge is 2.37. The van der Waals surface area contributed by atoms with E-state index >= 15 is 0 Å². The van der Waals surface area contributed by atoms with Gasteiger partial charge in [-0.05, 0) is 223 Å². The predicted molar refractivity (Wildman–Crippen MR) is 470 cm³/mol. The van der Waals surface area contributed by atoms with Gasteiger partial charge in [0.15, 0.2) is 0 Å². The van der Waals surface area contributed by atoms with Crippen molar-refractivity contribution < 1.29 is 49.5 Å². The van der Waals surface area contributed by atoms with E-state index in [4.69, 9.17) is 34.8 Å². The van der Waals surface area contributed by atoms with Gasteiger partial charge in [-0.3, -0.25) is 57.5 Å². The third-order valence-electron chi connectivity index (χ3n) is 25.3. The summed E-state index contributed by atoms with van der Waals surface area (Å²) >= 11 is 18.2. The van der Waals surface area contributed by atoms with Gasteiger partial charge in [-0.15, -0.1) is 0 Å². The van der Waals surface area contributed by atoms with E-state index in [2.05, 4.69) is 14.7 Å². The van der Waals surface area contributed by atoms with Crippen molar-refractivity contribution in [3.8, 4) is 11.4 Å². The van der Waals surface area contributed by atoms with Crippen molar-refractivity contribution >= 4 is 52.5 Å². The molecule has 0 bridgehead atoms. The van der Waals surface area contributed by atoms with Crippen molar-refractivity contribution in [2.45, 2.75) is 154 Å². The Morgan fingerprint density at radius 2 is 0.656 bits per heavy atom. The largest absolute Gasteiger partial charge is 0.338 e. The maximum Gasteiger partial charge on any atom is 0.276 e. The van der Waals surface area contributed by atoms with Crippen LogP contribution in [0.1, 0.15) is 158 Å². The van der Waals surface area contributed by atoms with Crippen LogP contribution in [0, 0.1) is 67.3 Å². The maximum absolute atomic E-state index is 14.3. The Morgan fingerprint density at radius 3 is 0.984 bits per heavy atom. The molecule has 4 fully saturated rings. The van der Waals surface area contributed by atoms with Gasteiger partial charge in [0.25, 0.3) is 34.4 Å². The summed E-state index contributed by atoms with van der Waals surface area (Å²) in [6.07, 6.45) is 11.4. The van der Waals surface area contributed by atoms with Gasteiger partial charge in [-0.2, -0.15) is 0 Å². The van der Waals surface area contributed by atoms with Crippen LogP contribution >= 0.6 is 34.8 Å². The van der Waals surface area contributed by atoms with Crippen LogP contribution in [0.25, 0.3) is 11.4 Å². The first kappa shape index (κ1) is 92.1. The standard InChI is InChI=1S/2C32H32ClF3N4O2.C32H39ClF2N4O2/c1-21-27(31(41)40(37(21)2)26-6-3-5-24(34)19-26)20-39(16-13-22-9-11-23(33)12-10-22)25-14-17-38(18-15-25)32(42)30-28(35)7-4-8-29(30)36;1-21-27(31(41)40(37(21)2)26-12-10-24(34)11-13-26)20-39(17-14-22-6-8-23(33)9-7-22)25-15-18-38(19-16-25)32(42)30-28(35)4-3-5-29(30)36;1-22-27(31(40)39(36(22)2)26-7-4-3-5-8-26)21-38(18-15-23-11-13-24(33)14-12-23)25-16-19-37(20-17-25)32(41)30-28(34)9-6-10-29(30)35/h3-12,19,25H,13-18,20H2,1-2H3;3-13,25H,14-20H2,1-2H3;6,9-14,25-26H,3-5,7-8,15-21H2,1-2H3. The lowest BCUT2D eigenvalue weighted by Gasteiger charge is -2.38. The molecule has 0 N–H and O–H groups in total. The van der Waals surface area contributed by atoms with E-state index < -0.39 is 75.1 Å². The van der Waals surface area contributed by atoms with Gasteiger partial charge in [0, 0.05) is 150 Å². The van der Waals surface area contributed by atoms with Crippen LogP contribution in [0.3, 0.4) is 0 Å². The minimum atomic E-state index is -0.874. The summed E-state index contributed by atoms with van der Waals surface area (Å²) in [5.41, 5.74) is 7.09. The zero-order chi connectivity index (χ0) is 89.0. The molecule has 0 unspecified atom stereocenters. The van der Waals surface area contributed by atoms with E-state index in [1.165, 1.54) is 68.0 Å². The molecule has 29 heteroatoms.